The Labute approximate surface area is 195 Å². The van der Waals surface area contributed by atoms with E-state index in [1.54, 1.807) is 0 Å². The van der Waals surface area contributed by atoms with Crippen LogP contribution in [0, 0.1) is 13.8 Å². The van der Waals surface area contributed by atoms with E-state index in [0.29, 0.717) is 5.92 Å². The molecule has 4 aromatic carbocycles. The Balaban J connectivity index is 1.53. The van der Waals surface area contributed by atoms with E-state index < -0.39 is 0 Å². The summed E-state index contributed by atoms with van der Waals surface area (Å²) >= 11 is 0. The Morgan fingerprint density at radius 3 is 1.33 bits per heavy atom. The number of nitrogens with two attached hydrogens (primary N) is 2. The molecular formula is C29H30N2O2. The number of aryl methyl sites for hydroxylation is 2. The molecule has 0 bridgehead atoms. The van der Waals surface area contributed by atoms with Crippen LogP contribution in [0.1, 0.15) is 41.5 Å². The summed E-state index contributed by atoms with van der Waals surface area (Å²) in [6.07, 6.45) is 0.995. The van der Waals surface area contributed by atoms with Crippen LogP contribution in [-0.2, 0) is 0 Å². The fourth-order valence-electron chi connectivity index (χ4n) is 4.00. The zero-order valence-corrected chi connectivity index (χ0v) is 19.3. The smallest absolute Gasteiger partial charge is 0.130 e. The van der Waals surface area contributed by atoms with Gasteiger partial charge in [-0.05, 0) is 103 Å². The maximum absolute atomic E-state index is 6.06. The normalized spacial score (nSPS) is 10.9. The molecule has 4 N–H and O–H groups in total. The molecule has 4 nitrogen and oxygen atoms in total. The SMILES string of the molecule is CCC(c1ccc(Oc2ccc(N)cc2)c(C)c1)c1ccc(Oc2ccc(N)cc2)c(C)c1. The highest BCUT2D eigenvalue weighted by atomic mass is 16.5. The lowest BCUT2D eigenvalue weighted by Gasteiger charge is -2.20. The topological polar surface area (TPSA) is 70.5 Å². The van der Waals surface area contributed by atoms with E-state index >= 15 is 0 Å². The predicted molar refractivity (Wildman–Crippen MR) is 136 cm³/mol. The maximum atomic E-state index is 6.06. The van der Waals surface area contributed by atoms with Crippen molar-refractivity contribution >= 4 is 11.4 Å². The average molecular weight is 439 g/mol. The second-order valence-corrected chi connectivity index (χ2v) is 8.35. The first-order valence-electron chi connectivity index (χ1n) is 11.2. The zero-order valence-electron chi connectivity index (χ0n) is 19.3. The van der Waals surface area contributed by atoms with E-state index in [0.717, 1.165) is 51.9 Å². The summed E-state index contributed by atoms with van der Waals surface area (Å²) in [5.41, 5.74) is 17.7. The molecule has 33 heavy (non-hydrogen) atoms. The Kier molecular flexibility index (Phi) is 6.55. The van der Waals surface area contributed by atoms with Crippen molar-refractivity contribution in [2.24, 2.45) is 0 Å². The standard InChI is InChI=1S/C29H30N2O2/c1-4-27(21-5-15-28(19(2)17-21)32-25-11-7-23(30)8-12-25)22-6-16-29(20(3)18-22)33-26-13-9-24(31)10-14-26/h5-18,27H,4,30-31H2,1-3H3. The van der Waals surface area contributed by atoms with Gasteiger partial charge in [0.1, 0.15) is 23.0 Å². The van der Waals surface area contributed by atoms with Crippen molar-refractivity contribution in [2.45, 2.75) is 33.1 Å². The number of hydrogen-bond acceptors (Lipinski definition) is 4. The molecule has 0 unspecified atom stereocenters. The second-order valence-electron chi connectivity index (χ2n) is 8.35. The van der Waals surface area contributed by atoms with E-state index in [1.807, 2.05) is 48.5 Å². The van der Waals surface area contributed by atoms with Gasteiger partial charge in [0, 0.05) is 17.3 Å². The van der Waals surface area contributed by atoms with E-state index in [2.05, 4.69) is 57.2 Å². The molecule has 0 spiro atoms. The van der Waals surface area contributed by atoms with Crippen molar-refractivity contribution in [1.29, 1.82) is 0 Å². The third kappa shape index (κ3) is 5.29. The van der Waals surface area contributed by atoms with Gasteiger partial charge in [-0.1, -0.05) is 31.2 Å². The van der Waals surface area contributed by atoms with Gasteiger partial charge in [-0.25, -0.2) is 0 Å². The third-order valence-electron chi connectivity index (χ3n) is 5.83. The summed E-state index contributed by atoms with van der Waals surface area (Å²) in [5.74, 6) is 3.54. The second kappa shape index (κ2) is 9.70. The molecule has 4 heteroatoms. The molecule has 0 fully saturated rings. The van der Waals surface area contributed by atoms with Gasteiger partial charge in [0.15, 0.2) is 0 Å². The highest BCUT2D eigenvalue weighted by molar-refractivity contribution is 5.48. The Morgan fingerprint density at radius 2 is 1.00 bits per heavy atom. The summed E-state index contributed by atoms with van der Waals surface area (Å²) in [4.78, 5) is 0. The Bertz CT molecular complexity index is 1130. The highest BCUT2D eigenvalue weighted by Gasteiger charge is 2.15. The lowest BCUT2D eigenvalue weighted by atomic mass is 9.87. The van der Waals surface area contributed by atoms with Gasteiger partial charge in [0.25, 0.3) is 0 Å². The Hall–Kier alpha value is -3.92. The number of nitrogen functional groups attached to an aromatic ring is 2. The molecule has 168 valence electrons. The van der Waals surface area contributed by atoms with E-state index in [1.165, 1.54) is 11.1 Å². The van der Waals surface area contributed by atoms with Crippen molar-refractivity contribution in [2.75, 3.05) is 11.5 Å². The number of hydrogen-bond donors (Lipinski definition) is 2. The minimum absolute atomic E-state index is 0.290. The van der Waals surface area contributed by atoms with Crippen LogP contribution in [0.2, 0.25) is 0 Å². The van der Waals surface area contributed by atoms with Crippen LogP contribution in [0.15, 0.2) is 84.9 Å². The molecule has 4 aromatic rings. The van der Waals surface area contributed by atoms with Gasteiger partial charge in [-0.3, -0.25) is 0 Å². The third-order valence-corrected chi connectivity index (χ3v) is 5.83. The lowest BCUT2D eigenvalue weighted by molar-refractivity contribution is 0.478. The molecule has 0 aliphatic rings. The van der Waals surface area contributed by atoms with Gasteiger partial charge >= 0.3 is 0 Å². The summed E-state index contributed by atoms with van der Waals surface area (Å²) in [6, 6.07) is 27.7. The summed E-state index contributed by atoms with van der Waals surface area (Å²) in [7, 11) is 0. The molecule has 0 aliphatic heterocycles. The molecule has 4 rings (SSSR count). The van der Waals surface area contributed by atoms with E-state index in [9.17, 15) is 0 Å². The molecule has 0 atom stereocenters. The lowest BCUT2D eigenvalue weighted by Crippen LogP contribution is -2.02. The van der Waals surface area contributed by atoms with Gasteiger partial charge in [0.05, 0.1) is 0 Å². The maximum Gasteiger partial charge on any atom is 0.130 e. The van der Waals surface area contributed by atoms with Crippen LogP contribution < -0.4 is 20.9 Å². The predicted octanol–water partition coefficient (Wildman–Crippen LogP) is 7.59. The minimum Gasteiger partial charge on any atom is -0.457 e. The molecule has 0 radical (unpaired) electrons. The quantitative estimate of drug-likeness (QED) is 0.292. The zero-order chi connectivity index (χ0) is 23.4. The van der Waals surface area contributed by atoms with Crippen molar-refractivity contribution in [3.63, 3.8) is 0 Å². The molecule has 0 aromatic heterocycles. The van der Waals surface area contributed by atoms with Gasteiger partial charge in [-0.2, -0.15) is 0 Å². The fraction of sp³-hybridized carbons (Fsp3) is 0.172. The van der Waals surface area contributed by atoms with Gasteiger partial charge in [0.2, 0.25) is 0 Å². The summed E-state index contributed by atoms with van der Waals surface area (Å²) < 4.78 is 12.1. The van der Waals surface area contributed by atoms with Crippen LogP contribution in [0.3, 0.4) is 0 Å². The first-order chi connectivity index (χ1) is 15.9. The first-order valence-corrected chi connectivity index (χ1v) is 11.2. The molecule has 0 saturated carbocycles. The minimum atomic E-state index is 0.290. The van der Waals surface area contributed by atoms with Gasteiger partial charge in [-0.15, -0.1) is 0 Å². The largest absolute Gasteiger partial charge is 0.457 e. The van der Waals surface area contributed by atoms with Gasteiger partial charge < -0.3 is 20.9 Å². The first kappa shape index (κ1) is 22.3. The molecule has 0 saturated heterocycles. The van der Waals surface area contributed by atoms with Crippen molar-refractivity contribution in [3.8, 4) is 23.0 Å². The van der Waals surface area contributed by atoms with Crippen LogP contribution in [-0.4, -0.2) is 0 Å². The number of ether oxygens (including phenoxy) is 2. The van der Waals surface area contributed by atoms with Crippen molar-refractivity contribution < 1.29 is 9.47 Å². The van der Waals surface area contributed by atoms with Crippen molar-refractivity contribution in [1.82, 2.24) is 0 Å². The Morgan fingerprint density at radius 1 is 0.606 bits per heavy atom. The van der Waals surface area contributed by atoms with Crippen LogP contribution in [0.25, 0.3) is 0 Å². The van der Waals surface area contributed by atoms with E-state index in [-0.39, 0.29) is 0 Å². The number of rotatable bonds is 7. The highest BCUT2D eigenvalue weighted by Crippen LogP contribution is 2.35. The number of anilines is 2. The number of benzene rings is 4. The average Bonchev–Trinajstić information content (AvgIpc) is 2.80. The van der Waals surface area contributed by atoms with E-state index in [4.69, 9.17) is 20.9 Å². The molecule has 0 aliphatic carbocycles. The van der Waals surface area contributed by atoms with Crippen molar-refractivity contribution in [3.05, 3.63) is 107 Å². The molecule has 0 amide bonds. The fourth-order valence-corrected chi connectivity index (χ4v) is 4.00. The summed E-state index contributed by atoms with van der Waals surface area (Å²) in [5, 5.41) is 0. The summed E-state index contributed by atoms with van der Waals surface area (Å²) in [6.45, 7) is 6.38. The van der Waals surface area contributed by atoms with Crippen LogP contribution in [0.5, 0.6) is 23.0 Å². The molecule has 0 heterocycles. The monoisotopic (exact) mass is 438 g/mol. The van der Waals surface area contributed by atoms with Crippen LogP contribution in [0.4, 0.5) is 11.4 Å². The van der Waals surface area contributed by atoms with Crippen LogP contribution >= 0.6 is 0 Å². The molecular weight excluding hydrogens is 408 g/mol.